The van der Waals surface area contributed by atoms with Gasteiger partial charge < -0.3 is 10.1 Å². The first-order chi connectivity index (χ1) is 14.9. The van der Waals surface area contributed by atoms with Crippen molar-refractivity contribution in [1.82, 2.24) is 0 Å². The van der Waals surface area contributed by atoms with Gasteiger partial charge in [-0.15, -0.1) is 0 Å². The van der Waals surface area contributed by atoms with Crippen LogP contribution in [0.3, 0.4) is 0 Å². The van der Waals surface area contributed by atoms with E-state index in [4.69, 9.17) is 4.74 Å². The molecule has 2 nitrogen and oxygen atoms in total. The minimum absolute atomic E-state index is 0.0878. The van der Waals surface area contributed by atoms with E-state index >= 15 is 0 Å². The summed E-state index contributed by atoms with van der Waals surface area (Å²) >= 11 is 0. The predicted molar refractivity (Wildman–Crippen MR) is 106 cm³/mol. The van der Waals surface area contributed by atoms with E-state index in [0.29, 0.717) is 29.3 Å². The maximum atomic E-state index is 14.0. The van der Waals surface area contributed by atoms with Crippen LogP contribution >= 0.6 is 0 Å². The lowest BCUT2D eigenvalue weighted by atomic mass is 9.99. The topological polar surface area (TPSA) is 21.3 Å². The smallest absolute Gasteiger partial charge is 0.457 e. The van der Waals surface area contributed by atoms with Crippen LogP contribution in [0.5, 0.6) is 11.5 Å². The molecule has 0 bridgehead atoms. The van der Waals surface area contributed by atoms with Gasteiger partial charge in [-0.25, -0.2) is 0 Å². The largest absolute Gasteiger partial charge is 0.460 e. The average molecular weight is 457 g/mol. The number of alkyl halides is 7. The van der Waals surface area contributed by atoms with E-state index in [1.54, 1.807) is 36.4 Å². The van der Waals surface area contributed by atoms with Crippen molar-refractivity contribution in [2.24, 2.45) is 0 Å². The van der Waals surface area contributed by atoms with Gasteiger partial charge in [0.25, 0.3) is 0 Å². The van der Waals surface area contributed by atoms with E-state index in [2.05, 4.69) is 5.32 Å². The summed E-state index contributed by atoms with van der Waals surface area (Å²) < 4.78 is 97.6. The molecule has 0 aliphatic rings. The monoisotopic (exact) mass is 457 g/mol. The number of benzene rings is 3. The van der Waals surface area contributed by atoms with Gasteiger partial charge in [-0.05, 0) is 42.8 Å². The molecular formula is C23H18F7NO. The molecule has 0 spiro atoms. The van der Waals surface area contributed by atoms with Crippen LogP contribution in [0, 0.1) is 6.92 Å². The Morgan fingerprint density at radius 1 is 0.750 bits per heavy atom. The molecule has 0 aromatic heterocycles. The van der Waals surface area contributed by atoms with Crippen LogP contribution in [-0.4, -0.2) is 12.1 Å². The van der Waals surface area contributed by atoms with Gasteiger partial charge in [0.15, 0.2) is 0 Å². The van der Waals surface area contributed by atoms with Gasteiger partial charge in [-0.1, -0.05) is 42.0 Å². The van der Waals surface area contributed by atoms with Gasteiger partial charge >= 0.3 is 18.0 Å². The zero-order valence-corrected chi connectivity index (χ0v) is 16.7. The summed E-state index contributed by atoms with van der Waals surface area (Å²) in [7, 11) is 0. The van der Waals surface area contributed by atoms with Crippen molar-refractivity contribution >= 4 is 5.69 Å². The third kappa shape index (κ3) is 4.98. The first kappa shape index (κ1) is 23.4. The summed E-state index contributed by atoms with van der Waals surface area (Å²) in [5, 5.41) is 2.91. The number of halogens is 7. The molecule has 0 radical (unpaired) electrons. The minimum Gasteiger partial charge on any atom is -0.457 e. The highest BCUT2D eigenvalue weighted by Gasteiger charge is 2.73. The molecule has 0 aliphatic heterocycles. The van der Waals surface area contributed by atoms with Crippen LogP contribution < -0.4 is 10.1 Å². The van der Waals surface area contributed by atoms with Crippen molar-refractivity contribution < 1.29 is 35.5 Å². The highest BCUT2D eigenvalue weighted by Crippen LogP contribution is 2.51. The quantitative estimate of drug-likeness (QED) is 0.367. The first-order valence-electron chi connectivity index (χ1n) is 9.40. The first-order valence-corrected chi connectivity index (χ1v) is 9.40. The summed E-state index contributed by atoms with van der Waals surface area (Å²) in [5.74, 6) is -10.5. The van der Waals surface area contributed by atoms with E-state index in [9.17, 15) is 30.7 Å². The zero-order valence-electron chi connectivity index (χ0n) is 16.7. The molecule has 0 heterocycles. The standard InChI is InChI=1S/C23H18F7NO/c1-15-8-10-19(11-9-15)32-20-7-3-6-18(13-20)31-14-16-4-2-5-17(12-16)21(24,25)22(26,27)23(28,29)30/h2-13,31H,14H2,1H3. The van der Waals surface area contributed by atoms with Crippen LogP contribution in [0.2, 0.25) is 0 Å². The van der Waals surface area contributed by atoms with Crippen molar-refractivity contribution in [1.29, 1.82) is 0 Å². The third-order valence-corrected chi connectivity index (χ3v) is 4.63. The second-order valence-corrected chi connectivity index (χ2v) is 7.14. The fraction of sp³-hybridized carbons (Fsp3) is 0.217. The molecule has 9 heteroatoms. The number of rotatable bonds is 7. The van der Waals surface area contributed by atoms with E-state index in [1.807, 2.05) is 19.1 Å². The lowest BCUT2D eigenvalue weighted by Crippen LogP contribution is -2.50. The summed E-state index contributed by atoms with van der Waals surface area (Å²) in [5.41, 5.74) is 0.279. The van der Waals surface area contributed by atoms with Gasteiger partial charge in [0, 0.05) is 23.9 Å². The summed E-state index contributed by atoms with van der Waals surface area (Å²) in [6, 6.07) is 17.5. The second-order valence-electron chi connectivity index (χ2n) is 7.14. The highest BCUT2D eigenvalue weighted by molar-refractivity contribution is 5.49. The fourth-order valence-electron chi connectivity index (χ4n) is 2.85. The number of nitrogens with one attached hydrogen (secondary N) is 1. The molecule has 0 aliphatic carbocycles. The Kier molecular flexibility index (Phi) is 6.39. The Morgan fingerprint density at radius 2 is 1.41 bits per heavy atom. The number of ether oxygens (including phenoxy) is 1. The van der Waals surface area contributed by atoms with Crippen molar-refractivity contribution in [2.45, 2.75) is 31.5 Å². The van der Waals surface area contributed by atoms with Crippen LogP contribution in [0.15, 0.2) is 72.8 Å². The molecule has 0 unspecified atom stereocenters. The SMILES string of the molecule is Cc1ccc(Oc2cccc(NCc3cccc(C(F)(F)C(F)(F)C(F)(F)F)c3)c2)cc1. The molecule has 0 amide bonds. The van der Waals surface area contributed by atoms with Crippen molar-refractivity contribution in [3.8, 4) is 11.5 Å². The maximum absolute atomic E-state index is 14.0. The molecule has 0 atom stereocenters. The molecule has 170 valence electrons. The van der Waals surface area contributed by atoms with Gasteiger partial charge in [0.1, 0.15) is 11.5 Å². The predicted octanol–water partition coefficient (Wildman–Crippen LogP) is 7.69. The summed E-state index contributed by atoms with van der Waals surface area (Å²) in [6.07, 6.45) is -6.39. The lowest BCUT2D eigenvalue weighted by Gasteiger charge is -2.28. The molecular weight excluding hydrogens is 439 g/mol. The number of anilines is 1. The van der Waals surface area contributed by atoms with Gasteiger partial charge in [-0.3, -0.25) is 0 Å². The van der Waals surface area contributed by atoms with E-state index in [0.717, 1.165) is 11.6 Å². The Labute approximate surface area is 179 Å². The van der Waals surface area contributed by atoms with Gasteiger partial charge in [0.05, 0.1) is 0 Å². The molecule has 1 N–H and O–H groups in total. The molecule has 0 saturated carbocycles. The maximum Gasteiger partial charge on any atom is 0.460 e. The number of hydrogen-bond acceptors (Lipinski definition) is 2. The molecule has 3 aromatic carbocycles. The number of aryl methyl sites for hydroxylation is 1. The Morgan fingerprint density at radius 3 is 2.06 bits per heavy atom. The third-order valence-electron chi connectivity index (χ3n) is 4.63. The van der Waals surface area contributed by atoms with Crippen LogP contribution in [0.4, 0.5) is 36.4 Å². The molecule has 3 aromatic rings. The average Bonchev–Trinajstić information content (AvgIpc) is 2.73. The van der Waals surface area contributed by atoms with E-state index in [-0.39, 0.29) is 12.1 Å². The Bertz CT molecular complexity index is 1060. The van der Waals surface area contributed by atoms with Crippen molar-refractivity contribution in [3.63, 3.8) is 0 Å². The van der Waals surface area contributed by atoms with E-state index in [1.165, 1.54) is 6.07 Å². The van der Waals surface area contributed by atoms with Crippen molar-refractivity contribution in [3.05, 3.63) is 89.5 Å². The minimum atomic E-state index is -6.39. The van der Waals surface area contributed by atoms with Gasteiger partial charge in [-0.2, -0.15) is 30.7 Å². The zero-order chi connectivity index (χ0) is 23.6. The van der Waals surface area contributed by atoms with Crippen LogP contribution in [0.25, 0.3) is 0 Å². The molecule has 0 fully saturated rings. The number of hydrogen-bond donors (Lipinski definition) is 1. The lowest BCUT2D eigenvalue weighted by molar-refractivity contribution is -0.359. The second kappa shape index (κ2) is 8.72. The summed E-state index contributed by atoms with van der Waals surface area (Å²) in [6.45, 7) is 1.85. The van der Waals surface area contributed by atoms with Crippen LogP contribution in [-0.2, 0) is 12.5 Å². The van der Waals surface area contributed by atoms with Crippen LogP contribution in [0.1, 0.15) is 16.7 Å². The highest BCUT2D eigenvalue weighted by atomic mass is 19.4. The van der Waals surface area contributed by atoms with Gasteiger partial charge in [0.2, 0.25) is 0 Å². The molecule has 3 rings (SSSR count). The normalized spacial score (nSPS) is 12.5. The van der Waals surface area contributed by atoms with E-state index < -0.39 is 23.6 Å². The Hall–Kier alpha value is -3.23. The molecule has 32 heavy (non-hydrogen) atoms. The molecule has 0 saturated heterocycles. The fourth-order valence-corrected chi connectivity index (χ4v) is 2.85. The van der Waals surface area contributed by atoms with Crippen molar-refractivity contribution in [2.75, 3.05) is 5.32 Å². The Balaban J connectivity index is 1.72. The summed E-state index contributed by atoms with van der Waals surface area (Å²) in [4.78, 5) is 0.